The molecule has 0 radical (unpaired) electrons. The van der Waals surface area contributed by atoms with Gasteiger partial charge in [-0.1, -0.05) is 12.1 Å². The Morgan fingerprint density at radius 2 is 1.67 bits per heavy atom. The topological polar surface area (TPSA) is 49.9 Å². The molecular formula is C5H9BrN2S. The first-order valence-electron chi connectivity index (χ1n) is 2.09. The molecule has 1 heterocycles. The monoisotopic (exact) mass is 208 g/mol. The molecular weight excluding hydrogens is 200 g/mol. The number of halogens is 1. The Morgan fingerprint density at radius 1 is 1.33 bits per heavy atom. The van der Waals surface area contributed by atoms with Crippen LogP contribution in [0.4, 0.5) is 0 Å². The summed E-state index contributed by atoms with van der Waals surface area (Å²) in [5.74, 6) is 0. The Labute approximate surface area is 69.0 Å². The number of nitrogens with one attached hydrogen (secondary N) is 1. The van der Waals surface area contributed by atoms with E-state index in [0.717, 1.165) is 6.34 Å². The highest BCUT2D eigenvalue weighted by Gasteiger charge is 1.58. The smallest absolute Gasteiger partial charge is 0.0765 e. The number of rotatable bonds is 0. The van der Waals surface area contributed by atoms with Gasteiger partial charge in [-0.2, -0.15) is 11.3 Å². The molecule has 0 bridgehead atoms. The minimum absolute atomic E-state index is 0. The predicted octanol–water partition coefficient (Wildman–Crippen LogP) is 1.88. The molecule has 0 aliphatic rings. The number of nitrogens with two attached hydrogens (primary N) is 1. The van der Waals surface area contributed by atoms with Gasteiger partial charge in [0.25, 0.3) is 0 Å². The van der Waals surface area contributed by atoms with Crippen LogP contribution in [0.25, 0.3) is 0 Å². The highest BCUT2D eigenvalue weighted by atomic mass is 79.9. The molecule has 0 saturated carbocycles. The zero-order valence-corrected chi connectivity index (χ0v) is 7.31. The van der Waals surface area contributed by atoms with Crippen molar-refractivity contribution in [2.45, 2.75) is 0 Å². The van der Waals surface area contributed by atoms with Crippen molar-refractivity contribution in [1.82, 2.24) is 0 Å². The molecule has 9 heavy (non-hydrogen) atoms. The van der Waals surface area contributed by atoms with Crippen molar-refractivity contribution < 1.29 is 0 Å². The molecule has 0 fully saturated rings. The van der Waals surface area contributed by atoms with E-state index in [2.05, 4.69) is 5.73 Å². The molecule has 0 atom stereocenters. The van der Waals surface area contributed by atoms with Gasteiger partial charge < -0.3 is 5.73 Å². The van der Waals surface area contributed by atoms with Gasteiger partial charge in [0.15, 0.2) is 0 Å². The molecule has 0 unspecified atom stereocenters. The Morgan fingerprint density at radius 3 is 1.78 bits per heavy atom. The maximum absolute atomic E-state index is 5.86. The maximum Gasteiger partial charge on any atom is 0.0765 e. The predicted molar refractivity (Wildman–Crippen MR) is 47.6 cm³/mol. The highest BCUT2D eigenvalue weighted by molar-refractivity contribution is 8.93. The highest BCUT2D eigenvalue weighted by Crippen LogP contribution is 1.91. The van der Waals surface area contributed by atoms with Crippen molar-refractivity contribution in [3.05, 3.63) is 22.9 Å². The Bertz CT molecular complexity index is 101. The molecule has 1 aromatic rings. The first-order chi connectivity index (χ1) is 3.91. The minimum atomic E-state index is 0. The van der Waals surface area contributed by atoms with Crippen molar-refractivity contribution in [2.75, 3.05) is 0 Å². The third kappa shape index (κ3) is 11.3. The van der Waals surface area contributed by atoms with Gasteiger partial charge in [-0.3, -0.25) is 5.41 Å². The minimum Gasteiger partial charge on any atom is -0.390 e. The SMILES string of the molecule is Br.N=CN.c1ccsc1. The summed E-state index contributed by atoms with van der Waals surface area (Å²) in [6.07, 6.45) is 0.750. The van der Waals surface area contributed by atoms with E-state index in [4.69, 9.17) is 5.41 Å². The molecule has 0 aliphatic heterocycles. The fourth-order valence-electron chi connectivity index (χ4n) is 0.227. The van der Waals surface area contributed by atoms with Gasteiger partial charge in [-0.15, -0.1) is 17.0 Å². The first-order valence-corrected chi connectivity index (χ1v) is 3.04. The van der Waals surface area contributed by atoms with E-state index in [1.807, 2.05) is 22.9 Å². The summed E-state index contributed by atoms with van der Waals surface area (Å²) < 4.78 is 0. The largest absolute Gasteiger partial charge is 0.390 e. The Kier molecular flexibility index (Phi) is 13.5. The molecule has 52 valence electrons. The van der Waals surface area contributed by atoms with Gasteiger partial charge in [0.1, 0.15) is 0 Å². The lowest BCUT2D eigenvalue weighted by molar-refractivity contribution is 1.52. The van der Waals surface area contributed by atoms with E-state index < -0.39 is 0 Å². The van der Waals surface area contributed by atoms with E-state index in [1.165, 1.54) is 0 Å². The zero-order chi connectivity index (χ0) is 6.24. The van der Waals surface area contributed by atoms with Crippen LogP contribution in [0.1, 0.15) is 0 Å². The van der Waals surface area contributed by atoms with E-state index in [1.54, 1.807) is 11.3 Å². The average molecular weight is 209 g/mol. The average Bonchev–Trinajstić information content (AvgIpc) is 2.17. The molecule has 0 saturated heterocycles. The van der Waals surface area contributed by atoms with Crippen molar-refractivity contribution in [1.29, 1.82) is 5.41 Å². The van der Waals surface area contributed by atoms with Crippen LogP contribution in [0.5, 0.6) is 0 Å². The van der Waals surface area contributed by atoms with Gasteiger partial charge in [-0.05, 0) is 10.8 Å². The molecule has 4 heteroatoms. The Balaban J connectivity index is 0. The van der Waals surface area contributed by atoms with Crippen LogP contribution in [0.15, 0.2) is 22.9 Å². The lowest BCUT2D eigenvalue weighted by atomic mass is 10.7. The van der Waals surface area contributed by atoms with Crippen LogP contribution in [-0.4, -0.2) is 6.34 Å². The van der Waals surface area contributed by atoms with Gasteiger partial charge in [-0.25, -0.2) is 0 Å². The third-order valence-corrected chi connectivity index (χ3v) is 1.05. The molecule has 0 aliphatic carbocycles. The second-order valence-corrected chi connectivity index (χ2v) is 1.78. The Hall–Kier alpha value is -0.350. The molecule has 1 rings (SSSR count). The number of hydrogen-bond donors (Lipinski definition) is 2. The maximum atomic E-state index is 5.86. The summed E-state index contributed by atoms with van der Waals surface area (Å²) in [4.78, 5) is 0. The second-order valence-electron chi connectivity index (χ2n) is 0.960. The van der Waals surface area contributed by atoms with Gasteiger partial charge in [0.2, 0.25) is 0 Å². The quantitative estimate of drug-likeness (QED) is 0.497. The summed E-state index contributed by atoms with van der Waals surface area (Å²) in [5.41, 5.74) is 4.39. The van der Waals surface area contributed by atoms with Crippen molar-refractivity contribution in [3.63, 3.8) is 0 Å². The van der Waals surface area contributed by atoms with E-state index >= 15 is 0 Å². The lowest BCUT2D eigenvalue weighted by Crippen LogP contribution is -1.81. The number of hydrogen-bond acceptors (Lipinski definition) is 2. The summed E-state index contributed by atoms with van der Waals surface area (Å²) in [6, 6.07) is 4.04. The molecule has 1 aromatic heterocycles. The number of thiophene rings is 1. The van der Waals surface area contributed by atoms with Crippen LogP contribution in [-0.2, 0) is 0 Å². The van der Waals surface area contributed by atoms with Crippen LogP contribution in [0, 0.1) is 5.41 Å². The molecule has 3 N–H and O–H groups in total. The first kappa shape index (κ1) is 11.4. The lowest BCUT2D eigenvalue weighted by Gasteiger charge is -1.39. The van der Waals surface area contributed by atoms with E-state index in [-0.39, 0.29) is 17.0 Å². The van der Waals surface area contributed by atoms with Crippen molar-refractivity contribution >= 4 is 34.7 Å². The van der Waals surface area contributed by atoms with E-state index in [0.29, 0.717) is 0 Å². The van der Waals surface area contributed by atoms with Crippen molar-refractivity contribution in [2.24, 2.45) is 5.73 Å². The van der Waals surface area contributed by atoms with Crippen LogP contribution in [0.3, 0.4) is 0 Å². The molecule has 0 amide bonds. The van der Waals surface area contributed by atoms with Crippen LogP contribution in [0.2, 0.25) is 0 Å². The second kappa shape index (κ2) is 10.6. The molecule has 2 nitrogen and oxygen atoms in total. The summed E-state index contributed by atoms with van der Waals surface area (Å²) in [7, 11) is 0. The van der Waals surface area contributed by atoms with Gasteiger partial charge in [0, 0.05) is 0 Å². The fourth-order valence-corrected chi connectivity index (χ4v) is 0.680. The molecule has 0 aromatic carbocycles. The van der Waals surface area contributed by atoms with Crippen LogP contribution < -0.4 is 5.73 Å². The van der Waals surface area contributed by atoms with Crippen molar-refractivity contribution in [3.8, 4) is 0 Å². The normalized spacial score (nSPS) is 5.78. The summed E-state index contributed by atoms with van der Waals surface area (Å²) in [5, 5.41) is 9.94. The standard InChI is InChI=1S/C4H4S.CH4N2.BrH/c1-2-4-5-3-1;2-1-3;/h1-4H;1H,(H3,2,3);1H. The van der Waals surface area contributed by atoms with Gasteiger partial charge in [0.05, 0.1) is 6.34 Å². The van der Waals surface area contributed by atoms with E-state index in [9.17, 15) is 0 Å². The molecule has 0 spiro atoms. The summed E-state index contributed by atoms with van der Waals surface area (Å²) in [6.45, 7) is 0. The van der Waals surface area contributed by atoms with Crippen LogP contribution >= 0.6 is 28.3 Å². The summed E-state index contributed by atoms with van der Waals surface area (Å²) >= 11 is 1.71. The zero-order valence-electron chi connectivity index (χ0n) is 4.78. The fraction of sp³-hybridized carbons (Fsp3) is 0. The third-order valence-electron chi connectivity index (χ3n) is 0.425. The van der Waals surface area contributed by atoms with Gasteiger partial charge >= 0.3 is 0 Å².